The highest BCUT2D eigenvalue weighted by molar-refractivity contribution is 6.51. The van der Waals surface area contributed by atoms with Crippen molar-refractivity contribution in [3.8, 4) is 0 Å². The first-order chi connectivity index (χ1) is 14.0. The monoisotopic (exact) mass is 424 g/mol. The Labute approximate surface area is 176 Å². The van der Waals surface area contributed by atoms with Gasteiger partial charge >= 0.3 is 5.91 Å². The van der Waals surface area contributed by atoms with E-state index in [1.165, 1.54) is 11.1 Å². The van der Waals surface area contributed by atoms with E-state index in [2.05, 4.69) is 4.98 Å². The maximum Gasteiger partial charge on any atom is 0.301 e. The molecule has 0 saturated carbocycles. The lowest BCUT2D eigenvalue weighted by molar-refractivity contribution is -0.132. The van der Waals surface area contributed by atoms with Crippen LogP contribution >= 0.6 is 23.2 Å². The Bertz CT molecular complexity index is 1130. The quantitative estimate of drug-likeness (QED) is 0.364. The average Bonchev–Trinajstić information content (AvgIpc) is 2.99. The first-order valence-corrected chi connectivity index (χ1v) is 9.46. The van der Waals surface area contributed by atoms with E-state index in [-0.39, 0.29) is 11.3 Å². The highest BCUT2D eigenvalue weighted by Crippen LogP contribution is 2.42. The number of aliphatic hydroxyl groups excluding tert-OH is 1. The number of anilines is 1. The summed E-state index contributed by atoms with van der Waals surface area (Å²) in [5.41, 5.74) is 0.920. The van der Waals surface area contributed by atoms with Crippen molar-refractivity contribution in [3.63, 3.8) is 0 Å². The Morgan fingerprint density at radius 2 is 1.69 bits per heavy atom. The third kappa shape index (κ3) is 3.50. The number of nitrogens with zero attached hydrogens (tertiary/aromatic N) is 2. The fourth-order valence-electron chi connectivity index (χ4n) is 3.32. The van der Waals surface area contributed by atoms with E-state index < -0.39 is 17.7 Å². The summed E-state index contributed by atoms with van der Waals surface area (Å²) in [6, 6.07) is 17.4. The van der Waals surface area contributed by atoms with Crippen LogP contribution in [0.15, 0.2) is 78.5 Å². The Morgan fingerprint density at radius 1 is 0.931 bits per heavy atom. The van der Waals surface area contributed by atoms with Gasteiger partial charge in [0, 0.05) is 21.8 Å². The summed E-state index contributed by atoms with van der Waals surface area (Å²) in [7, 11) is 0. The van der Waals surface area contributed by atoms with Gasteiger partial charge in [-0.25, -0.2) is 4.98 Å². The normalized spacial score (nSPS) is 18.3. The average molecular weight is 425 g/mol. The molecule has 2 heterocycles. The number of amides is 1. The molecule has 0 aliphatic carbocycles. The summed E-state index contributed by atoms with van der Waals surface area (Å²) < 4.78 is 0. The van der Waals surface area contributed by atoms with Crippen LogP contribution in [0.5, 0.6) is 0 Å². The molecule has 0 unspecified atom stereocenters. The molecule has 1 aliphatic heterocycles. The van der Waals surface area contributed by atoms with Crippen LogP contribution in [0, 0.1) is 0 Å². The maximum atomic E-state index is 12.9. The molecule has 1 amide bonds. The van der Waals surface area contributed by atoms with Gasteiger partial charge < -0.3 is 5.11 Å². The first-order valence-electron chi connectivity index (χ1n) is 8.71. The highest BCUT2D eigenvalue weighted by Gasteiger charge is 2.47. The van der Waals surface area contributed by atoms with E-state index in [0.717, 1.165) is 0 Å². The second-order valence-electron chi connectivity index (χ2n) is 6.42. The van der Waals surface area contributed by atoms with E-state index in [0.29, 0.717) is 27.0 Å². The van der Waals surface area contributed by atoms with Crippen molar-refractivity contribution in [2.24, 2.45) is 0 Å². The van der Waals surface area contributed by atoms with Gasteiger partial charge in [0.25, 0.3) is 5.78 Å². The highest BCUT2D eigenvalue weighted by atomic mass is 35.5. The van der Waals surface area contributed by atoms with Gasteiger partial charge in [-0.3, -0.25) is 14.5 Å². The number of aliphatic hydroxyl groups is 1. The van der Waals surface area contributed by atoms with E-state index in [9.17, 15) is 14.7 Å². The molecule has 29 heavy (non-hydrogen) atoms. The smallest absolute Gasteiger partial charge is 0.301 e. The van der Waals surface area contributed by atoms with Crippen LogP contribution in [0.4, 0.5) is 5.82 Å². The van der Waals surface area contributed by atoms with Crippen LogP contribution in [0.25, 0.3) is 5.76 Å². The lowest BCUT2D eigenvalue weighted by Gasteiger charge is -2.24. The number of pyridine rings is 1. The molecule has 144 valence electrons. The lowest BCUT2D eigenvalue weighted by atomic mass is 9.95. The molecule has 4 rings (SSSR count). The van der Waals surface area contributed by atoms with Gasteiger partial charge in [0.05, 0.1) is 11.6 Å². The predicted octanol–water partition coefficient (Wildman–Crippen LogP) is 5.01. The molecule has 0 radical (unpaired) electrons. The van der Waals surface area contributed by atoms with Crippen LogP contribution in [0.3, 0.4) is 0 Å². The topological polar surface area (TPSA) is 70.5 Å². The Hall–Kier alpha value is -3.15. The number of rotatable bonds is 3. The van der Waals surface area contributed by atoms with Gasteiger partial charge in [-0.15, -0.1) is 0 Å². The molecule has 1 atom stereocenters. The van der Waals surface area contributed by atoms with Crippen LogP contribution in [-0.2, 0) is 9.59 Å². The summed E-state index contributed by atoms with van der Waals surface area (Å²) >= 11 is 12.1. The molecule has 1 aromatic heterocycles. The van der Waals surface area contributed by atoms with Gasteiger partial charge in [0.1, 0.15) is 11.6 Å². The first kappa shape index (κ1) is 19.2. The number of ketones is 1. The number of hydrogen-bond acceptors (Lipinski definition) is 4. The number of carbonyl (C=O) groups is 2. The molecule has 1 saturated heterocycles. The zero-order valence-corrected chi connectivity index (χ0v) is 16.4. The number of hydrogen-bond donors (Lipinski definition) is 1. The SMILES string of the molecule is O=C1C(=O)N(c2ccccn2)[C@H](c2cccc(Cl)c2)/C1=C(\O)c1ccc(Cl)cc1. The van der Waals surface area contributed by atoms with Crippen molar-refractivity contribution in [2.75, 3.05) is 4.90 Å². The third-order valence-electron chi connectivity index (χ3n) is 4.62. The van der Waals surface area contributed by atoms with Crippen molar-refractivity contribution >= 4 is 46.5 Å². The fourth-order valence-corrected chi connectivity index (χ4v) is 3.65. The summed E-state index contributed by atoms with van der Waals surface area (Å²) in [5, 5.41) is 11.9. The minimum Gasteiger partial charge on any atom is -0.507 e. The molecule has 7 heteroatoms. The molecular weight excluding hydrogens is 411 g/mol. The Morgan fingerprint density at radius 3 is 2.34 bits per heavy atom. The molecule has 1 fully saturated rings. The van der Waals surface area contributed by atoms with Crippen molar-refractivity contribution in [1.82, 2.24) is 4.98 Å². The maximum absolute atomic E-state index is 12.9. The molecule has 1 aliphatic rings. The second-order valence-corrected chi connectivity index (χ2v) is 7.29. The molecular formula is C22H14Cl2N2O3. The van der Waals surface area contributed by atoms with Crippen LogP contribution in [0.1, 0.15) is 17.2 Å². The number of carbonyl (C=O) groups excluding carboxylic acids is 2. The van der Waals surface area contributed by atoms with Crippen molar-refractivity contribution < 1.29 is 14.7 Å². The largest absolute Gasteiger partial charge is 0.507 e. The Kier molecular flexibility index (Phi) is 5.09. The van der Waals surface area contributed by atoms with E-state index in [4.69, 9.17) is 23.2 Å². The molecule has 0 bridgehead atoms. The number of aromatic nitrogens is 1. The standard InChI is InChI=1S/C22H14Cl2N2O3/c23-15-9-7-13(8-10-15)20(27)18-19(14-4-3-5-16(24)12-14)26(22(29)21(18)28)17-6-1-2-11-25-17/h1-12,19,27H/b20-18+/t19-/m1/s1. The predicted molar refractivity (Wildman–Crippen MR) is 112 cm³/mol. The van der Waals surface area contributed by atoms with E-state index in [1.807, 2.05) is 0 Å². The Balaban J connectivity index is 1.95. The van der Waals surface area contributed by atoms with Gasteiger partial charge in [-0.1, -0.05) is 41.4 Å². The van der Waals surface area contributed by atoms with Gasteiger partial charge in [-0.05, 0) is 54.1 Å². The molecule has 2 aromatic carbocycles. The third-order valence-corrected chi connectivity index (χ3v) is 5.11. The molecule has 0 spiro atoms. The molecule has 3 aromatic rings. The summed E-state index contributed by atoms with van der Waals surface area (Å²) in [4.78, 5) is 31.3. The number of Topliss-reactive ketones (excluding diaryl/α,β-unsaturated/α-hetero) is 1. The minimum atomic E-state index is -0.876. The number of benzene rings is 2. The summed E-state index contributed by atoms with van der Waals surface area (Å²) in [5.74, 6) is -1.56. The van der Waals surface area contributed by atoms with Gasteiger partial charge in [0.15, 0.2) is 0 Å². The molecule has 1 N–H and O–H groups in total. The molecule has 5 nitrogen and oxygen atoms in total. The fraction of sp³-hybridized carbons (Fsp3) is 0.0455. The minimum absolute atomic E-state index is 0.0368. The van der Waals surface area contributed by atoms with Crippen molar-refractivity contribution in [3.05, 3.63) is 99.7 Å². The van der Waals surface area contributed by atoms with Crippen molar-refractivity contribution in [1.29, 1.82) is 0 Å². The summed E-state index contributed by atoms with van der Waals surface area (Å²) in [6.45, 7) is 0. The van der Waals surface area contributed by atoms with Crippen LogP contribution < -0.4 is 4.90 Å². The van der Waals surface area contributed by atoms with E-state index >= 15 is 0 Å². The van der Waals surface area contributed by atoms with Crippen molar-refractivity contribution in [2.45, 2.75) is 6.04 Å². The van der Waals surface area contributed by atoms with Gasteiger partial charge in [-0.2, -0.15) is 0 Å². The van der Waals surface area contributed by atoms with Crippen LogP contribution in [0.2, 0.25) is 10.0 Å². The van der Waals surface area contributed by atoms with Crippen LogP contribution in [-0.4, -0.2) is 21.8 Å². The number of halogens is 2. The summed E-state index contributed by atoms with van der Waals surface area (Å²) in [6.07, 6.45) is 1.53. The van der Waals surface area contributed by atoms with Gasteiger partial charge in [0.2, 0.25) is 0 Å². The zero-order valence-electron chi connectivity index (χ0n) is 14.9. The van der Waals surface area contributed by atoms with E-state index in [1.54, 1.807) is 66.7 Å². The lowest BCUT2D eigenvalue weighted by Crippen LogP contribution is -2.30. The zero-order chi connectivity index (χ0) is 20.5. The second kappa shape index (κ2) is 7.70.